The average molecular weight is 365 g/mol. The van der Waals surface area contributed by atoms with E-state index in [1.165, 1.54) is 24.0 Å². The van der Waals surface area contributed by atoms with Crippen LogP contribution in [0.1, 0.15) is 44.7 Å². The number of aliphatic imine (C=N–C) groups is 2. The summed E-state index contributed by atoms with van der Waals surface area (Å²) >= 11 is 0. The molecule has 2 nitrogen and oxygen atoms in total. The Balaban J connectivity index is 0.00000288. The molecular formula is C21H26N2Ni. The largest absolute Gasteiger partial charge is 0.255 e. The van der Waals surface area contributed by atoms with Gasteiger partial charge in [0.1, 0.15) is 0 Å². The molecule has 24 heavy (non-hydrogen) atoms. The van der Waals surface area contributed by atoms with Crippen molar-refractivity contribution >= 4 is 23.3 Å². The van der Waals surface area contributed by atoms with Crippen molar-refractivity contribution in [2.75, 3.05) is 0 Å². The van der Waals surface area contributed by atoms with Crippen LogP contribution in [0, 0.1) is 0 Å². The van der Waals surface area contributed by atoms with Gasteiger partial charge >= 0.3 is 0 Å². The van der Waals surface area contributed by atoms with E-state index in [0.717, 1.165) is 29.9 Å². The van der Waals surface area contributed by atoms with E-state index in [1.54, 1.807) is 0 Å². The van der Waals surface area contributed by atoms with Gasteiger partial charge in [0.25, 0.3) is 0 Å². The number of hydrogen-bond acceptors (Lipinski definition) is 2. The van der Waals surface area contributed by atoms with E-state index >= 15 is 0 Å². The predicted molar refractivity (Wildman–Crippen MR) is 102 cm³/mol. The van der Waals surface area contributed by atoms with E-state index < -0.39 is 0 Å². The van der Waals surface area contributed by atoms with Crippen molar-refractivity contribution < 1.29 is 16.5 Å². The Hall–Kier alpha value is -1.73. The molecule has 2 aromatic rings. The van der Waals surface area contributed by atoms with Crippen LogP contribution in [-0.4, -0.2) is 11.9 Å². The number of para-hydroxylation sites is 1. The van der Waals surface area contributed by atoms with Crippen molar-refractivity contribution in [3.05, 3.63) is 59.7 Å². The first kappa shape index (κ1) is 20.3. The third kappa shape index (κ3) is 6.41. The Morgan fingerprint density at radius 3 is 2.21 bits per heavy atom. The summed E-state index contributed by atoms with van der Waals surface area (Å²) in [5.74, 6) is 0. The molecule has 0 aliphatic carbocycles. The van der Waals surface area contributed by atoms with Crippen LogP contribution in [0.5, 0.6) is 0 Å². The summed E-state index contributed by atoms with van der Waals surface area (Å²) in [5.41, 5.74) is 5.78. The van der Waals surface area contributed by atoms with Gasteiger partial charge in [-0.1, -0.05) is 51.0 Å². The van der Waals surface area contributed by atoms with Gasteiger partial charge in [-0.15, -0.1) is 0 Å². The smallest absolute Gasteiger partial charge is 0.0636 e. The molecule has 2 aromatic carbocycles. The Morgan fingerprint density at radius 2 is 1.54 bits per heavy atom. The van der Waals surface area contributed by atoms with E-state index in [4.69, 9.17) is 0 Å². The van der Waals surface area contributed by atoms with E-state index in [9.17, 15) is 0 Å². The van der Waals surface area contributed by atoms with Crippen molar-refractivity contribution in [3.63, 3.8) is 0 Å². The minimum absolute atomic E-state index is 0. The first-order valence-electron chi connectivity index (χ1n) is 8.49. The van der Waals surface area contributed by atoms with Crippen molar-refractivity contribution in [2.24, 2.45) is 9.98 Å². The van der Waals surface area contributed by atoms with Gasteiger partial charge in [0.15, 0.2) is 0 Å². The first-order valence-corrected chi connectivity index (χ1v) is 8.49. The first-order chi connectivity index (χ1) is 11.2. The second kappa shape index (κ2) is 10.9. The molecule has 0 saturated heterocycles. The van der Waals surface area contributed by atoms with Gasteiger partial charge in [-0.3, -0.25) is 9.98 Å². The molecule has 0 aliphatic heterocycles. The Bertz CT molecular complexity index is 675. The summed E-state index contributed by atoms with van der Waals surface area (Å²) in [4.78, 5) is 9.14. The van der Waals surface area contributed by atoms with Crippen LogP contribution in [0.3, 0.4) is 0 Å². The molecule has 0 bridgehead atoms. The maximum absolute atomic E-state index is 4.69. The van der Waals surface area contributed by atoms with Crippen molar-refractivity contribution in [2.45, 2.75) is 46.5 Å². The molecule has 0 aliphatic rings. The molecule has 0 spiro atoms. The van der Waals surface area contributed by atoms with Crippen LogP contribution >= 0.6 is 0 Å². The van der Waals surface area contributed by atoms with Crippen LogP contribution in [0.15, 0.2) is 58.5 Å². The topological polar surface area (TPSA) is 24.7 Å². The minimum Gasteiger partial charge on any atom is -0.255 e. The Labute approximate surface area is 156 Å². The number of rotatable bonds is 7. The van der Waals surface area contributed by atoms with Gasteiger partial charge < -0.3 is 0 Å². The molecule has 0 unspecified atom stereocenters. The summed E-state index contributed by atoms with van der Waals surface area (Å²) in [6.07, 6.45) is 6.44. The minimum atomic E-state index is 0. The molecular weight excluding hydrogens is 339 g/mol. The average Bonchev–Trinajstić information content (AvgIpc) is 2.57. The molecule has 0 radical (unpaired) electrons. The van der Waals surface area contributed by atoms with Crippen LogP contribution in [0.4, 0.5) is 11.4 Å². The van der Waals surface area contributed by atoms with Crippen LogP contribution in [0.25, 0.3) is 0 Å². The molecule has 0 N–H and O–H groups in total. The van der Waals surface area contributed by atoms with E-state index in [0.29, 0.717) is 0 Å². The third-order valence-electron chi connectivity index (χ3n) is 3.69. The quantitative estimate of drug-likeness (QED) is 0.419. The SMILES string of the molecule is CCCc1ccc(N=C(C)C=Nc2ccccc2)cc1CCC.[Ni]. The monoisotopic (exact) mass is 364 g/mol. The van der Waals surface area contributed by atoms with Crippen LogP contribution < -0.4 is 0 Å². The molecule has 3 heteroatoms. The normalized spacial score (nSPS) is 11.5. The molecule has 0 atom stereocenters. The van der Waals surface area contributed by atoms with Crippen molar-refractivity contribution in [1.82, 2.24) is 0 Å². The van der Waals surface area contributed by atoms with Gasteiger partial charge in [0.2, 0.25) is 0 Å². The fourth-order valence-corrected chi connectivity index (χ4v) is 2.61. The summed E-state index contributed by atoms with van der Waals surface area (Å²) < 4.78 is 0. The molecule has 130 valence electrons. The number of benzene rings is 2. The van der Waals surface area contributed by atoms with Crippen molar-refractivity contribution in [3.8, 4) is 0 Å². The second-order valence-electron chi connectivity index (χ2n) is 5.80. The standard InChI is InChI=1S/C21H26N2.Ni/c1-4-9-18-13-14-21(15-19(18)10-5-2)23-17(3)16-22-20-11-7-6-8-12-20;/h6-8,11-16H,4-5,9-10H2,1-3H3;. The van der Waals surface area contributed by atoms with Gasteiger partial charge in [-0.05, 0) is 55.2 Å². The van der Waals surface area contributed by atoms with E-state index in [-0.39, 0.29) is 16.5 Å². The zero-order valence-corrected chi connectivity index (χ0v) is 15.7. The number of aryl methyl sites for hydroxylation is 2. The summed E-state index contributed by atoms with van der Waals surface area (Å²) in [6.45, 7) is 6.45. The number of nitrogens with zero attached hydrogens (tertiary/aromatic N) is 2. The zero-order chi connectivity index (χ0) is 16.5. The predicted octanol–water partition coefficient (Wildman–Crippen LogP) is 6.08. The third-order valence-corrected chi connectivity index (χ3v) is 3.69. The van der Waals surface area contributed by atoms with Crippen LogP contribution in [0.2, 0.25) is 0 Å². The van der Waals surface area contributed by atoms with Crippen molar-refractivity contribution in [1.29, 1.82) is 0 Å². The van der Waals surface area contributed by atoms with Crippen LogP contribution in [-0.2, 0) is 29.3 Å². The molecule has 0 amide bonds. The molecule has 0 saturated carbocycles. The fraction of sp³-hybridized carbons (Fsp3) is 0.333. The van der Waals surface area contributed by atoms with E-state index in [1.807, 2.05) is 43.5 Å². The maximum Gasteiger partial charge on any atom is 0.0636 e. The molecule has 0 aromatic heterocycles. The van der Waals surface area contributed by atoms with Gasteiger partial charge in [-0.25, -0.2) is 0 Å². The van der Waals surface area contributed by atoms with Gasteiger partial charge in [0, 0.05) is 22.7 Å². The summed E-state index contributed by atoms with van der Waals surface area (Å²) in [6, 6.07) is 16.5. The number of hydrogen-bond donors (Lipinski definition) is 0. The fourth-order valence-electron chi connectivity index (χ4n) is 2.61. The maximum atomic E-state index is 4.69. The summed E-state index contributed by atoms with van der Waals surface area (Å²) in [5, 5.41) is 0. The molecule has 0 heterocycles. The van der Waals surface area contributed by atoms with Gasteiger partial charge in [0.05, 0.1) is 17.1 Å². The second-order valence-corrected chi connectivity index (χ2v) is 5.80. The van der Waals surface area contributed by atoms with Gasteiger partial charge in [-0.2, -0.15) is 0 Å². The zero-order valence-electron chi connectivity index (χ0n) is 14.7. The summed E-state index contributed by atoms with van der Waals surface area (Å²) in [7, 11) is 0. The Morgan fingerprint density at radius 1 is 0.875 bits per heavy atom. The Kier molecular flexibility index (Phi) is 9.26. The van der Waals surface area contributed by atoms with E-state index in [2.05, 4.69) is 42.0 Å². The molecule has 0 fully saturated rings. The molecule has 2 rings (SSSR count).